The topological polar surface area (TPSA) is 191 Å². The molecule has 2 saturated heterocycles. The monoisotopic (exact) mass is 774 g/mol. The van der Waals surface area contributed by atoms with Crippen molar-refractivity contribution in [1.82, 2.24) is 39.0 Å². The number of aromatic nitrogens is 8. The summed E-state index contributed by atoms with van der Waals surface area (Å²) in [5, 5.41) is 10.1. The van der Waals surface area contributed by atoms with Gasteiger partial charge in [0.2, 0.25) is 0 Å². The molecule has 7 heterocycles. The molecule has 0 saturated carbocycles. The minimum absolute atomic E-state index is 0.0415. The number of rotatable bonds is 4. The number of thiol groups is 1. The van der Waals surface area contributed by atoms with Crippen LogP contribution < -0.4 is 0 Å². The van der Waals surface area contributed by atoms with Crippen LogP contribution in [0.25, 0.3) is 22.3 Å². The average Bonchev–Trinajstić information content (AvgIpc) is 3.86. The summed E-state index contributed by atoms with van der Waals surface area (Å²) in [6.45, 7) is -7.62. The highest BCUT2D eigenvalue weighted by Crippen LogP contribution is 2.57. The first-order valence-electron chi connectivity index (χ1n) is 15.8. The van der Waals surface area contributed by atoms with Crippen LogP contribution in [0.3, 0.4) is 0 Å². The third kappa shape index (κ3) is 7.05. The average molecular weight is 775 g/mol. The van der Waals surface area contributed by atoms with E-state index < -0.39 is 75.7 Å². The van der Waals surface area contributed by atoms with Crippen LogP contribution in [0.1, 0.15) is 43.6 Å². The molecule has 22 heteroatoms. The van der Waals surface area contributed by atoms with E-state index in [0.717, 1.165) is 0 Å². The number of ether oxygens (including phenoxy) is 2. The van der Waals surface area contributed by atoms with Crippen molar-refractivity contribution in [2.24, 2.45) is 0 Å². The maximum Gasteiger partial charge on any atom is 0.386 e. The van der Waals surface area contributed by atoms with E-state index in [0.29, 0.717) is 59.4 Å². The first-order chi connectivity index (χ1) is 24.0. The molecule has 16 nitrogen and oxygen atoms in total. The summed E-state index contributed by atoms with van der Waals surface area (Å²) in [6, 6.07) is 0. The van der Waals surface area contributed by atoms with Gasteiger partial charge in [0, 0.05) is 6.16 Å². The Morgan fingerprint density at radius 3 is 2.12 bits per heavy atom. The molecule has 2 N–H and O–H groups in total. The molecule has 7 rings (SSSR count). The smallest absolute Gasteiger partial charge is 0.386 e. The fraction of sp³-hybridized carbons (Fsp3) is 0.571. The Labute approximate surface area is 294 Å². The van der Waals surface area contributed by atoms with Gasteiger partial charge in [-0.2, -0.15) is 0 Å². The molecular weight excluding hydrogens is 740 g/mol. The first kappa shape index (κ1) is 36.0. The molecule has 0 spiro atoms. The van der Waals surface area contributed by atoms with Crippen LogP contribution in [0, 0.1) is 0 Å². The van der Waals surface area contributed by atoms with E-state index in [1.165, 1.54) is 34.4 Å². The minimum Gasteiger partial charge on any atom is -0.394 e. The van der Waals surface area contributed by atoms with Crippen LogP contribution in [0.15, 0.2) is 37.5 Å². The van der Waals surface area contributed by atoms with Crippen molar-refractivity contribution in [2.45, 2.75) is 81.8 Å². The Morgan fingerprint density at radius 2 is 1.56 bits per heavy atom. The third-order valence-corrected chi connectivity index (χ3v) is 12.8. The summed E-state index contributed by atoms with van der Waals surface area (Å²) in [5.74, 6) is 0. The molecule has 0 radical (unpaired) electrons. The number of hydrogen-bond acceptors (Lipinski definition) is 14. The van der Waals surface area contributed by atoms with Crippen molar-refractivity contribution in [2.75, 3.05) is 19.4 Å². The molecule has 4 aromatic rings. The fourth-order valence-electron chi connectivity index (χ4n) is 6.20. The number of fused-ring (bicyclic) bond motifs is 6. The number of aryl methyl sites for hydroxylation is 2. The molecule has 4 aromatic heterocycles. The summed E-state index contributed by atoms with van der Waals surface area (Å²) in [6.07, 6.45) is -0.477. The normalized spacial score (nSPS) is 34.3. The molecular formula is C28H34F2N8O8P2S2. The summed E-state index contributed by atoms with van der Waals surface area (Å²) in [4.78, 5) is 36.9. The van der Waals surface area contributed by atoms with Gasteiger partial charge in [-0.3, -0.25) is 18.2 Å². The SMILES string of the molecule is CCP(O)(=S)O[C@@H]1[C@H]2COP(=O)(S)O[C@@H]3C(CO)O[C@H]([C@@H]3F)n3cnc4c(ncnc43)CC/C=C/CCc3ncnc4c3ncn4C(O2)[C@@H]1F. The summed E-state index contributed by atoms with van der Waals surface area (Å²) < 4.78 is 77.3. The van der Waals surface area contributed by atoms with Gasteiger partial charge in [-0.1, -0.05) is 31.3 Å². The van der Waals surface area contributed by atoms with Crippen LogP contribution in [0.4, 0.5) is 8.78 Å². The summed E-state index contributed by atoms with van der Waals surface area (Å²) in [5.41, 5.74) is 2.79. The molecule has 3 aliphatic heterocycles. The largest absolute Gasteiger partial charge is 0.394 e. The Balaban J connectivity index is 1.23. The number of nitrogens with zero attached hydrogens (tertiary/aromatic N) is 8. The quantitative estimate of drug-likeness (QED) is 0.154. The minimum atomic E-state index is -4.45. The van der Waals surface area contributed by atoms with E-state index >= 15 is 8.78 Å². The molecule has 4 unspecified atom stereocenters. The van der Waals surface area contributed by atoms with Gasteiger partial charge in [-0.25, -0.2) is 43.2 Å². The van der Waals surface area contributed by atoms with Crippen LogP contribution in [0.5, 0.6) is 0 Å². The van der Waals surface area contributed by atoms with Crippen molar-refractivity contribution >= 4 is 59.7 Å². The molecule has 2 fully saturated rings. The van der Waals surface area contributed by atoms with Gasteiger partial charge < -0.3 is 24.0 Å². The number of alkyl halides is 2. The van der Waals surface area contributed by atoms with Gasteiger partial charge in [0.05, 0.1) is 37.3 Å². The number of aliphatic hydroxyl groups is 1. The Bertz CT molecular complexity index is 1990. The standard InChI is InChI=1S/C28H34F2N8O8P2S2/c1-2-47(40,49)45-24-18-10-42-48(41,50)46-23-17(9-39)43-27(19(23)29)37-13-35-21-15(31-11-33-25(21)37)7-5-3-4-6-8-16-22-26(34-12-32-16)38(14-36-22)28(44-18)20(24)30/h3-4,11-14,17-20,23-24,27-28,39H,2,5-10H2,1H3,(H,40,49)(H,41,50)/b4-3+/t17?,18-,19-,20-,23-,24-,27-,28?,47?,48?/m1/s1. The van der Waals surface area contributed by atoms with Crippen molar-refractivity contribution < 1.29 is 46.4 Å². The zero-order valence-electron chi connectivity index (χ0n) is 26.5. The number of imidazole rings is 2. The van der Waals surface area contributed by atoms with E-state index in [2.05, 4.69) is 42.2 Å². The second-order valence-corrected chi connectivity index (χ2v) is 18.6. The highest BCUT2D eigenvalue weighted by molar-refractivity contribution is 8.44. The van der Waals surface area contributed by atoms with E-state index in [9.17, 15) is 14.6 Å². The lowest BCUT2D eigenvalue weighted by Crippen LogP contribution is -2.35. The predicted molar refractivity (Wildman–Crippen MR) is 180 cm³/mol. The Kier molecular flexibility index (Phi) is 10.5. The Hall–Kier alpha value is -2.35. The summed E-state index contributed by atoms with van der Waals surface area (Å²) >= 11 is 9.25. The van der Waals surface area contributed by atoms with Crippen LogP contribution in [0.2, 0.25) is 0 Å². The Morgan fingerprint density at radius 1 is 0.980 bits per heavy atom. The third-order valence-electron chi connectivity index (χ3n) is 8.74. The van der Waals surface area contributed by atoms with E-state index in [-0.39, 0.29) is 6.16 Å². The first-order valence-corrected chi connectivity index (χ1v) is 21.4. The van der Waals surface area contributed by atoms with Gasteiger partial charge in [0.15, 0.2) is 42.6 Å². The maximum atomic E-state index is 16.3. The lowest BCUT2D eigenvalue weighted by atomic mass is 10.1. The second-order valence-electron chi connectivity index (χ2n) is 11.9. The van der Waals surface area contributed by atoms with Crippen LogP contribution >= 0.6 is 25.5 Å². The molecule has 0 aliphatic carbocycles. The van der Waals surface area contributed by atoms with Gasteiger partial charge in [-0.05, 0) is 37.5 Å². The fourth-order valence-corrected chi connectivity index (χ4v) is 8.76. The molecule has 50 heavy (non-hydrogen) atoms. The zero-order valence-corrected chi connectivity index (χ0v) is 30.0. The molecule has 10 atom stereocenters. The number of allylic oxidation sites excluding steroid dienone is 2. The second kappa shape index (κ2) is 14.6. The van der Waals surface area contributed by atoms with E-state index in [4.69, 9.17) is 34.9 Å². The summed E-state index contributed by atoms with van der Waals surface area (Å²) in [7, 11) is 0. The van der Waals surface area contributed by atoms with Gasteiger partial charge in [0.25, 0.3) is 0 Å². The van der Waals surface area contributed by atoms with Crippen molar-refractivity contribution in [3.8, 4) is 0 Å². The van der Waals surface area contributed by atoms with Crippen molar-refractivity contribution in [3.05, 3.63) is 48.8 Å². The highest BCUT2D eigenvalue weighted by atomic mass is 32.7. The molecule has 3 aliphatic rings. The number of aliphatic hydroxyl groups excluding tert-OH is 1. The van der Waals surface area contributed by atoms with Gasteiger partial charge in [0.1, 0.15) is 48.1 Å². The number of hydrogen-bond donors (Lipinski definition) is 3. The van der Waals surface area contributed by atoms with Gasteiger partial charge in [-0.15, -0.1) is 0 Å². The maximum absolute atomic E-state index is 16.3. The van der Waals surface area contributed by atoms with Crippen molar-refractivity contribution in [3.63, 3.8) is 0 Å². The molecule has 270 valence electrons. The van der Waals surface area contributed by atoms with Crippen molar-refractivity contribution in [1.29, 1.82) is 0 Å². The van der Waals surface area contributed by atoms with Gasteiger partial charge >= 0.3 is 6.80 Å². The highest BCUT2D eigenvalue weighted by Gasteiger charge is 2.52. The molecule has 0 amide bonds. The lowest BCUT2D eigenvalue weighted by Gasteiger charge is -2.26. The van der Waals surface area contributed by atoms with Crippen LogP contribution in [-0.2, 0) is 52.3 Å². The lowest BCUT2D eigenvalue weighted by molar-refractivity contribution is -0.0490. The zero-order chi connectivity index (χ0) is 35.2. The number of halogens is 2. The van der Waals surface area contributed by atoms with Crippen LogP contribution in [-0.4, -0.2) is 105 Å². The molecule has 0 aromatic carbocycles. The predicted octanol–water partition coefficient (Wildman–Crippen LogP) is 3.71. The van der Waals surface area contributed by atoms with E-state index in [1.54, 1.807) is 6.92 Å². The van der Waals surface area contributed by atoms with E-state index in [1.807, 2.05) is 12.2 Å². The molecule has 12 bridgehead atoms.